The van der Waals surface area contributed by atoms with Gasteiger partial charge in [-0.1, -0.05) is 6.92 Å². The van der Waals surface area contributed by atoms with Crippen molar-refractivity contribution in [1.82, 2.24) is 9.55 Å². The van der Waals surface area contributed by atoms with Gasteiger partial charge in [-0.25, -0.2) is 4.79 Å². The van der Waals surface area contributed by atoms with E-state index in [-0.39, 0.29) is 6.42 Å². The van der Waals surface area contributed by atoms with Crippen LogP contribution in [0.25, 0.3) is 0 Å². The molecule has 0 aromatic carbocycles. The van der Waals surface area contributed by atoms with Gasteiger partial charge in [-0.15, -0.1) is 0 Å². The van der Waals surface area contributed by atoms with Gasteiger partial charge in [0.1, 0.15) is 5.54 Å². The normalized spacial score (nSPS) is 13.0. The molecule has 1 aromatic rings. The van der Waals surface area contributed by atoms with Gasteiger partial charge in [0.2, 0.25) is 5.91 Å². The minimum Gasteiger partial charge on any atom is -0.481 e. The van der Waals surface area contributed by atoms with E-state index in [1.165, 1.54) is 18.4 Å². The monoisotopic (exact) mass is 295 g/mol. The second kappa shape index (κ2) is 5.67. The van der Waals surface area contributed by atoms with Crippen LogP contribution in [0.4, 0.5) is 0 Å². The van der Waals surface area contributed by atoms with Crippen molar-refractivity contribution in [1.29, 1.82) is 0 Å². The number of carbonyl (C=O) groups excluding carboxylic acids is 1. The summed E-state index contributed by atoms with van der Waals surface area (Å²) in [5, 5.41) is 9.03. The Labute approximate surface area is 122 Å². The van der Waals surface area contributed by atoms with Gasteiger partial charge in [-0.3, -0.25) is 14.2 Å². The Bertz CT molecular complexity index is 646. The van der Waals surface area contributed by atoms with Crippen molar-refractivity contribution >= 4 is 11.9 Å². The molecule has 7 nitrogen and oxygen atoms in total. The molecule has 0 radical (unpaired) electrons. The molecule has 1 heterocycles. The molecule has 7 heteroatoms. The molecule has 0 fully saturated rings. The van der Waals surface area contributed by atoms with Crippen LogP contribution in [0, 0.1) is 19.8 Å². The molecular formula is C14H21N3O4. The van der Waals surface area contributed by atoms with Gasteiger partial charge in [-0.2, -0.15) is 4.98 Å². The van der Waals surface area contributed by atoms with E-state index in [4.69, 9.17) is 10.8 Å². The van der Waals surface area contributed by atoms with Gasteiger partial charge in [-0.05, 0) is 39.7 Å². The number of nitrogens with two attached hydrogens (primary N) is 1. The minimum atomic E-state index is -1.23. The Kier molecular flexibility index (Phi) is 4.56. The molecule has 0 aliphatic heterocycles. The summed E-state index contributed by atoms with van der Waals surface area (Å²) < 4.78 is 1.23. The fourth-order valence-electron chi connectivity index (χ4n) is 2.26. The lowest BCUT2D eigenvalue weighted by Gasteiger charge is -2.27. The van der Waals surface area contributed by atoms with Crippen LogP contribution in [-0.4, -0.2) is 26.5 Å². The lowest BCUT2D eigenvalue weighted by atomic mass is 9.96. The number of rotatable bonds is 5. The Morgan fingerprint density at radius 3 is 2.33 bits per heavy atom. The first kappa shape index (κ1) is 16.9. The lowest BCUT2D eigenvalue weighted by molar-refractivity contribution is -0.141. The minimum absolute atomic E-state index is 0.231. The topological polar surface area (TPSA) is 115 Å². The van der Waals surface area contributed by atoms with Crippen LogP contribution in [0.2, 0.25) is 0 Å². The number of aromatic nitrogens is 2. The van der Waals surface area contributed by atoms with Gasteiger partial charge < -0.3 is 10.8 Å². The van der Waals surface area contributed by atoms with Crippen LogP contribution >= 0.6 is 0 Å². The Morgan fingerprint density at radius 2 is 1.90 bits per heavy atom. The summed E-state index contributed by atoms with van der Waals surface area (Å²) in [6.45, 7) is 7.97. The number of aliphatic carboxylic acids is 1. The number of nitrogens with zero attached hydrogens (tertiary/aromatic N) is 2. The highest BCUT2D eigenvalue weighted by molar-refractivity contribution is 5.82. The first-order valence-corrected chi connectivity index (χ1v) is 6.62. The molecule has 0 bridgehead atoms. The quantitative estimate of drug-likeness (QED) is 0.813. The lowest BCUT2D eigenvalue weighted by Crippen LogP contribution is -2.48. The van der Waals surface area contributed by atoms with Crippen LogP contribution in [0.3, 0.4) is 0 Å². The zero-order valence-electron chi connectivity index (χ0n) is 12.9. The van der Waals surface area contributed by atoms with Crippen LogP contribution in [0.5, 0.6) is 0 Å². The highest BCUT2D eigenvalue weighted by atomic mass is 16.4. The number of carbonyl (C=O) groups is 2. The van der Waals surface area contributed by atoms with E-state index < -0.39 is 29.0 Å². The van der Waals surface area contributed by atoms with Crippen molar-refractivity contribution in [2.45, 2.75) is 46.6 Å². The highest BCUT2D eigenvalue weighted by Crippen LogP contribution is 2.20. The number of aryl methyl sites for hydroxylation is 1. The number of carboxylic acid groups (broad SMARTS) is 1. The van der Waals surface area contributed by atoms with Crippen LogP contribution in [-0.2, 0) is 21.5 Å². The summed E-state index contributed by atoms with van der Waals surface area (Å²) in [5.41, 5.74) is 5.20. The van der Waals surface area contributed by atoms with Crippen molar-refractivity contribution in [2.75, 3.05) is 0 Å². The summed E-state index contributed by atoms with van der Waals surface area (Å²) in [6, 6.07) is 0. The van der Waals surface area contributed by atoms with Crippen LogP contribution < -0.4 is 11.4 Å². The first-order chi connectivity index (χ1) is 9.50. The Morgan fingerprint density at radius 1 is 1.38 bits per heavy atom. The van der Waals surface area contributed by atoms with Crippen molar-refractivity contribution in [3.8, 4) is 0 Å². The molecule has 116 valence electrons. The zero-order valence-corrected chi connectivity index (χ0v) is 12.9. The molecule has 0 saturated heterocycles. The second-order valence-corrected chi connectivity index (χ2v) is 5.75. The fraction of sp³-hybridized carbons (Fsp3) is 0.571. The summed E-state index contributed by atoms with van der Waals surface area (Å²) in [4.78, 5) is 38.6. The molecule has 1 amide bonds. The Balaban J connectivity index is 3.53. The predicted molar refractivity (Wildman–Crippen MR) is 77.0 cm³/mol. The molecular weight excluding hydrogens is 274 g/mol. The van der Waals surface area contributed by atoms with E-state index in [0.717, 1.165) is 0 Å². The largest absolute Gasteiger partial charge is 0.481 e. The van der Waals surface area contributed by atoms with Gasteiger partial charge in [0, 0.05) is 11.4 Å². The van der Waals surface area contributed by atoms with E-state index in [0.29, 0.717) is 17.0 Å². The highest BCUT2D eigenvalue weighted by Gasteiger charge is 2.31. The summed E-state index contributed by atoms with van der Waals surface area (Å²) in [5.74, 6) is -2.21. The van der Waals surface area contributed by atoms with E-state index >= 15 is 0 Å². The van der Waals surface area contributed by atoms with Crippen molar-refractivity contribution in [2.24, 2.45) is 11.7 Å². The third kappa shape index (κ3) is 3.12. The third-order valence-electron chi connectivity index (χ3n) is 3.76. The maximum absolute atomic E-state index is 12.1. The number of amides is 1. The van der Waals surface area contributed by atoms with Crippen molar-refractivity contribution in [3.63, 3.8) is 0 Å². The van der Waals surface area contributed by atoms with Crippen molar-refractivity contribution in [3.05, 3.63) is 27.4 Å². The molecule has 3 N–H and O–H groups in total. The first-order valence-electron chi connectivity index (χ1n) is 6.62. The molecule has 1 unspecified atom stereocenters. The van der Waals surface area contributed by atoms with Gasteiger partial charge >= 0.3 is 11.7 Å². The third-order valence-corrected chi connectivity index (χ3v) is 3.76. The van der Waals surface area contributed by atoms with Gasteiger partial charge in [0.15, 0.2) is 0 Å². The predicted octanol–water partition coefficient (Wildman–Crippen LogP) is 0.344. The van der Waals surface area contributed by atoms with E-state index in [1.54, 1.807) is 20.8 Å². The molecule has 0 aliphatic carbocycles. The van der Waals surface area contributed by atoms with Crippen molar-refractivity contribution < 1.29 is 14.7 Å². The smallest absolute Gasteiger partial charge is 0.348 e. The summed E-state index contributed by atoms with van der Waals surface area (Å²) in [7, 11) is 0. The van der Waals surface area contributed by atoms with E-state index in [9.17, 15) is 14.4 Å². The second-order valence-electron chi connectivity index (χ2n) is 5.75. The summed E-state index contributed by atoms with van der Waals surface area (Å²) in [6.07, 6.45) is 0.231. The molecule has 0 aliphatic rings. The average Bonchev–Trinajstić information content (AvgIpc) is 2.32. The van der Waals surface area contributed by atoms with Gasteiger partial charge in [0.05, 0.1) is 5.92 Å². The molecule has 1 atom stereocenters. The van der Waals surface area contributed by atoms with Crippen LogP contribution in [0.15, 0.2) is 4.79 Å². The standard InChI is InChI=1S/C14H21N3O4/c1-7(11(18)19)6-10-8(2)16-13(21)17(9(10)3)14(4,5)12(15)20/h7H,6H2,1-5H3,(H2,15,20)(H,18,19). The molecule has 0 saturated carbocycles. The SMILES string of the molecule is Cc1nc(=O)n(C(C)(C)C(N)=O)c(C)c1CC(C)C(=O)O. The average molecular weight is 295 g/mol. The maximum Gasteiger partial charge on any atom is 0.348 e. The molecule has 1 rings (SSSR count). The van der Waals surface area contributed by atoms with E-state index in [1.807, 2.05) is 0 Å². The number of hydrogen-bond acceptors (Lipinski definition) is 4. The fourth-order valence-corrected chi connectivity index (χ4v) is 2.26. The van der Waals surface area contributed by atoms with Crippen LogP contribution in [0.1, 0.15) is 37.7 Å². The zero-order chi connectivity index (χ0) is 16.5. The summed E-state index contributed by atoms with van der Waals surface area (Å²) >= 11 is 0. The molecule has 1 aromatic heterocycles. The number of hydrogen-bond donors (Lipinski definition) is 2. The Hall–Kier alpha value is -2.18. The number of carboxylic acids is 1. The number of primary amides is 1. The molecule has 21 heavy (non-hydrogen) atoms. The van der Waals surface area contributed by atoms with Gasteiger partial charge in [0.25, 0.3) is 0 Å². The van der Waals surface area contributed by atoms with E-state index in [2.05, 4.69) is 4.98 Å². The maximum atomic E-state index is 12.1. The molecule has 0 spiro atoms.